The first kappa shape index (κ1) is 20.8. The van der Waals surface area contributed by atoms with Gasteiger partial charge in [0.25, 0.3) is 0 Å². The molecule has 32 heavy (non-hydrogen) atoms. The van der Waals surface area contributed by atoms with E-state index in [2.05, 4.69) is 22.3 Å². The number of amides is 2. The van der Waals surface area contributed by atoms with Gasteiger partial charge in [-0.3, -0.25) is 0 Å². The maximum Gasteiger partial charge on any atom is 0.322 e. The lowest BCUT2D eigenvalue weighted by atomic mass is 10.0. The Balaban J connectivity index is 1.45. The first-order valence-corrected chi connectivity index (χ1v) is 11.6. The molecule has 0 bridgehead atoms. The number of carbonyl (C=O) groups excluding carboxylic acids is 1. The molecule has 1 saturated heterocycles. The van der Waals surface area contributed by atoms with Crippen molar-refractivity contribution in [3.63, 3.8) is 0 Å². The van der Waals surface area contributed by atoms with Crippen LogP contribution in [-0.2, 0) is 13.0 Å². The van der Waals surface area contributed by atoms with Crippen LogP contribution in [0.3, 0.4) is 0 Å². The summed E-state index contributed by atoms with van der Waals surface area (Å²) in [6.45, 7) is 3.10. The number of rotatable bonds is 3. The van der Waals surface area contributed by atoms with Gasteiger partial charge in [-0.05, 0) is 37.5 Å². The quantitative estimate of drug-likeness (QED) is 0.585. The standard InChI is InChI=1S/C25H26ClN5O/c26-19-10-7-11-20(16-19)27-25(32)31-15-12-22-21(17-31)24(30-13-5-2-6-14-30)29-23(28-22)18-8-3-1-4-9-18/h1,3-4,7-11,16H,2,5-6,12-15,17H2,(H,27,32). The highest BCUT2D eigenvalue weighted by molar-refractivity contribution is 6.30. The molecule has 7 heteroatoms. The molecule has 1 N–H and O–H groups in total. The molecule has 0 unspecified atom stereocenters. The molecule has 1 fully saturated rings. The van der Waals surface area contributed by atoms with Crippen LogP contribution >= 0.6 is 11.6 Å². The fraction of sp³-hybridized carbons (Fsp3) is 0.320. The number of aromatic nitrogens is 2. The first-order valence-electron chi connectivity index (χ1n) is 11.2. The topological polar surface area (TPSA) is 61.4 Å². The van der Waals surface area contributed by atoms with Crippen LogP contribution in [0.25, 0.3) is 11.4 Å². The SMILES string of the molecule is O=C(Nc1cccc(Cl)c1)N1CCc2nc(-c3ccccc3)nc(N3CCCCC3)c2C1. The van der Waals surface area contributed by atoms with Crippen LogP contribution in [0.4, 0.5) is 16.3 Å². The average molecular weight is 448 g/mol. The number of fused-ring (bicyclic) bond motifs is 1. The molecule has 5 rings (SSSR count). The zero-order valence-corrected chi connectivity index (χ0v) is 18.7. The van der Waals surface area contributed by atoms with Crippen LogP contribution < -0.4 is 10.2 Å². The number of piperidine rings is 1. The van der Waals surface area contributed by atoms with Gasteiger partial charge in [-0.1, -0.05) is 48.0 Å². The third-order valence-corrected chi connectivity index (χ3v) is 6.32. The zero-order valence-electron chi connectivity index (χ0n) is 17.9. The van der Waals surface area contributed by atoms with E-state index in [0.717, 1.165) is 41.6 Å². The highest BCUT2D eigenvalue weighted by atomic mass is 35.5. The maximum atomic E-state index is 13.0. The Labute approximate surface area is 193 Å². The summed E-state index contributed by atoms with van der Waals surface area (Å²) in [6, 6.07) is 17.2. The lowest BCUT2D eigenvalue weighted by Crippen LogP contribution is -2.41. The number of nitrogens with zero attached hydrogens (tertiary/aromatic N) is 4. The Morgan fingerprint density at radius 2 is 1.75 bits per heavy atom. The molecule has 3 aromatic rings. The molecule has 6 nitrogen and oxygen atoms in total. The zero-order chi connectivity index (χ0) is 21.9. The van der Waals surface area contributed by atoms with Crippen molar-refractivity contribution < 1.29 is 4.79 Å². The van der Waals surface area contributed by atoms with Crippen molar-refractivity contribution in [3.05, 3.63) is 70.9 Å². The van der Waals surface area contributed by atoms with Gasteiger partial charge >= 0.3 is 6.03 Å². The minimum atomic E-state index is -0.130. The monoisotopic (exact) mass is 447 g/mol. The second-order valence-corrected chi connectivity index (χ2v) is 8.76. The van der Waals surface area contributed by atoms with Gasteiger partial charge in [-0.2, -0.15) is 0 Å². The lowest BCUT2D eigenvalue weighted by Gasteiger charge is -2.34. The Morgan fingerprint density at radius 3 is 2.53 bits per heavy atom. The van der Waals surface area contributed by atoms with Crippen molar-refractivity contribution in [2.75, 3.05) is 29.9 Å². The van der Waals surface area contributed by atoms with Crippen LogP contribution in [0.5, 0.6) is 0 Å². The summed E-state index contributed by atoms with van der Waals surface area (Å²) < 4.78 is 0. The van der Waals surface area contributed by atoms with Gasteiger partial charge in [0.15, 0.2) is 5.82 Å². The number of carbonyl (C=O) groups is 1. The highest BCUT2D eigenvalue weighted by Gasteiger charge is 2.28. The number of hydrogen-bond donors (Lipinski definition) is 1. The van der Waals surface area contributed by atoms with Crippen molar-refractivity contribution in [1.29, 1.82) is 0 Å². The van der Waals surface area contributed by atoms with Crippen LogP contribution in [-0.4, -0.2) is 40.5 Å². The van der Waals surface area contributed by atoms with Gasteiger partial charge in [0.05, 0.1) is 12.2 Å². The average Bonchev–Trinajstić information content (AvgIpc) is 2.84. The minimum Gasteiger partial charge on any atom is -0.356 e. The van der Waals surface area contributed by atoms with Gasteiger partial charge in [-0.25, -0.2) is 14.8 Å². The summed E-state index contributed by atoms with van der Waals surface area (Å²) >= 11 is 6.07. The summed E-state index contributed by atoms with van der Waals surface area (Å²) in [6.07, 6.45) is 4.29. The molecule has 0 radical (unpaired) electrons. The van der Waals surface area contributed by atoms with E-state index in [1.807, 2.05) is 35.2 Å². The smallest absolute Gasteiger partial charge is 0.322 e. The molecule has 1 aromatic heterocycles. The van der Waals surface area contributed by atoms with E-state index in [-0.39, 0.29) is 6.03 Å². The van der Waals surface area contributed by atoms with Gasteiger partial charge < -0.3 is 15.1 Å². The number of benzene rings is 2. The molecule has 2 amide bonds. The molecule has 0 aliphatic carbocycles. The van der Waals surface area contributed by atoms with Crippen LogP contribution in [0.2, 0.25) is 5.02 Å². The molecule has 2 aromatic carbocycles. The lowest BCUT2D eigenvalue weighted by molar-refractivity contribution is 0.206. The third-order valence-electron chi connectivity index (χ3n) is 6.09. The molecular formula is C25H26ClN5O. The predicted molar refractivity (Wildman–Crippen MR) is 128 cm³/mol. The van der Waals surface area contributed by atoms with Crippen molar-refractivity contribution >= 4 is 29.1 Å². The Kier molecular flexibility index (Phi) is 5.95. The largest absolute Gasteiger partial charge is 0.356 e. The van der Waals surface area contributed by atoms with E-state index in [1.54, 1.807) is 12.1 Å². The second-order valence-electron chi connectivity index (χ2n) is 8.32. The fourth-order valence-corrected chi connectivity index (χ4v) is 4.61. The van der Waals surface area contributed by atoms with Crippen molar-refractivity contribution in [1.82, 2.24) is 14.9 Å². The van der Waals surface area contributed by atoms with E-state index in [1.165, 1.54) is 19.3 Å². The van der Waals surface area contributed by atoms with E-state index >= 15 is 0 Å². The fourth-order valence-electron chi connectivity index (χ4n) is 4.42. The van der Waals surface area contributed by atoms with Gasteiger partial charge in [-0.15, -0.1) is 0 Å². The minimum absolute atomic E-state index is 0.130. The molecule has 164 valence electrons. The van der Waals surface area contributed by atoms with Crippen molar-refractivity contribution in [2.24, 2.45) is 0 Å². The first-order chi connectivity index (χ1) is 15.7. The van der Waals surface area contributed by atoms with E-state index in [9.17, 15) is 4.79 Å². The van der Waals surface area contributed by atoms with Crippen LogP contribution in [0.15, 0.2) is 54.6 Å². The Bertz CT molecular complexity index is 1110. The summed E-state index contributed by atoms with van der Waals surface area (Å²) in [5.74, 6) is 1.75. The van der Waals surface area contributed by atoms with Crippen LogP contribution in [0.1, 0.15) is 30.5 Å². The predicted octanol–water partition coefficient (Wildman–Crippen LogP) is 5.38. The van der Waals surface area contributed by atoms with Gasteiger partial charge in [0.1, 0.15) is 5.82 Å². The number of urea groups is 1. The summed E-state index contributed by atoms with van der Waals surface area (Å²) in [5, 5.41) is 3.57. The van der Waals surface area contributed by atoms with Crippen LogP contribution in [0, 0.1) is 0 Å². The Hall–Kier alpha value is -3.12. The Morgan fingerprint density at radius 1 is 0.938 bits per heavy atom. The summed E-state index contributed by atoms with van der Waals surface area (Å²) in [5.41, 5.74) is 3.83. The van der Waals surface area contributed by atoms with E-state index in [0.29, 0.717) is 30.2 Å². The molecular weight excluding hydrogens is 422 g/mol. The molecule has 0 spiro atoms. The number of halogens is 1. The maximum absolute atomic E-state index is 13.0. The number of nitrogens with one attached hydrogen (secondary N) is 1. The third kappa shape index (κ3) is 4.41. The second kappa shape index (κ2) is 9.17. The highest BCUT2D eigenvalue weighted by Crippen LogP contribution is 2.31. The molecule has 0 atom stereocenters. The summed E-state index contributed by atoms with van der Waals surface area (Å²) in [7, 11) is 0. The molecule has 2 aliphatic heterocycles. The van der Waals surface area contributed by atoms with Gasteiger partial charge in [0, 0.05) is 47.9 Å². The number of hydrogen-bond acceptors (Lipinski definition) is 4. The van der Waals surface area contributed by atoms with Gasteiger partial charge in [0.2, 0.25) is 0 Å². The normalized spacial score (nSPS) is 15.9. The number of anilines is 2. The van der Waals surface area contributed by atoms with Crippen molar-refractivity contribution in [3.8, 4) is 11.4 Å². The van der Waals surface area contributed by atoms with E-state index in [4.69, 9.17) is 21.6 Å². The molecule has 3 heterocycles. The summed E-state index contributed by atoms with van der Waals surface area (Å²) in [4.78, 5) is 27.1. The van der Waals surface area contributed by atoms with E-state index < -0.39 is 0 Å². The molecule has 0 saturated carbocycles. The van der Waals surface area contributed by atoms with Crippen molar-refractivity contribution in [2.45, 2.75) is 32.2 Å². The molecule has 2 aliphatic rings.